The van der Waals surface area contributed by atoms with Gasteiger partial charge in [-0.25, -0.2) is 4.57 Å². The van der Waals surface area contributed by atoms with E-state index in [9.17, 15) is 4.57 Å². The van der Waals surface area contributed by atoms with Gasteiger partial charge in [0.05, 0.1) is 5.60 Å². The monoisotopic (exact) mass is 224 g/mol. The molecule has 0 bridgehead atoms. The molecule has 5 heteroatoms. The molecule has 0 aromatic heterocycles. The van der Waals surface area contributed by atoms with Crippen molar-refractivity contribution in [2.24, 2.45) is 5.92 Å². The van der Waals surface area contributed by atoms with Gasteiger partial charge in [-0.15, -0.1) is 0 Å². The highest BCUT2D eigenvalue weighted by Gasteiger charge is 2.35. The Kier molecular flexibility index (Phi) is 5.31. The van der Waals surface area contributed by atoms with Crippen LogP contribution in [0.15, 0.2) is 0 Å². The lowest BCUT2D eigenvalue weighted by molar-refractivity contribution is 0.00976. The molecule has 2 N–H and O–H groups in total. The summed E-state index contributed by atoms with van der Waals surface area (Å²) in [5.74, 6) is 0.362. The summed E-state index contributed by atoms with van der Waals surface area (Å²) in [6.45, 7) is 7.81. The first-order chi connectivity index (χ1) is 6.24. The van der Waals surface area contributed by atoms with Crippen LogP contribution in [0, 0.1) is 5.92 Å². The molecule has 0 rings (SSSR count). The normalized spacial score (nSPS) is 13.6. The predicted molar refractivity (Wildman–Crippen MR) is 55.9 cm³/mol. The molecule has 0 radical (unpaired) electrons. The summed E-state index contributed by atoms with van der Waals surface area (Å²) in [7, 11) is -4.38. The third-order valence-corrected chi connectivity index (χ3v) is 3.01. The van der Waals surface area contributed by atoms with Gasteiger partial charge in [0.2, 0.25) is 0 Å². The molecule has 0 saturated carbocycles. The van der Waals surface area contributed by atoms with E-state index in [2.05, 4.69) is 0 Å². The molecule has 0 aliphatic carbocycles. The van der Waals surface area contributed by atoms with Gasteiger partial charge in [0.15, 0.2) is 0 Å². The molecule has 86 valence electrons. The molecule has 0 aliphatic heterocycles. The van der Waals surface area contributed by atoms with Gasteiger partial charge >= 0.3 is 7.82 Å². The summed E-state index contributed by atoms with van der Waals surface area (Å²) in [4.78, 5) is 17.6. The van der Waals surface area contributed by atoms with Crippen molar-refractivity contribution in [3.05, 3.63) is 0 Å². The minimum Gasteiger partial charge on any atom is -0.303 e. The Morgan fingerprint density at radius 2 is 1.71 bits per heavy atom. The lowest BCUT2D eigenvalue weighted by Gasteiger charge is -2.33. The van der Waals surface area contributed by atoms with Crippen LogP contribution in [0.25, 0.3) is 0 Å². The number of hydrogen-bond acceptors (Lipinski definition) is 2. The first-order valence-corrected chi connectivity index (χ1v) is 6.54. The molecule has 0 aliphatic rings. The van der Waals surface area contributed by atoms with Gasteiger partial charge in [-0.2, -0.15) is 0 Å². The summed E-state index contributed by atoms with van der Waals surface area (Å²) in [6, 6.07) is 0. The molecule has 4 nitrogen and oxygen atoms in total. The molecule has 0 atom stereocenters. The Bertz CT molecular complexity index is 205. The summed E-state index contributed by atoms with van der Waals surface area (Å²) in [6.07, 6.45) is 1.91. The average Bonchev–Trinajstić information content (AvgIpc) is 1.99. The van der Waals surface area contributed by atoms with E-state index >= 15 is 0 Å². The van der Waals surface area contributed by atoms with Crippen molar-refractivity contribution in [1.82, 2.24) is 0 Å². The summed E-state index contributed by atoms with van der Waals surface area (Å²) in [5, 5.41) is 0. The van der Waals surface area contributed by atoms with Crippen molar-refractivity contribution in [3.8, 4) is 0 Å². The van der Waals surface area contributed by atoms with Crippen molar-refractivity contribution in [3.63, 3.8) is 0 Å². The fourth-order valence-corrected chi connectivity index (χ4v) is 2.54. The van der Waals surface area contributed by atoms with Crippen molar-refractivity contribution < 1.29 is 18.9 Å². The van der Waals surface area contributed by atoms with Crippen LogP contribution in [0.2, 0.25) is 0 Å². The standard InChI is InChI=1S/C9H21O4P/c1-5-9(6-2,7-8(3)4)13-14(10,11)12/h8H,5-7H2,1-4H3,(H2,10,11,12). The minimum atomic E-state index is -4.38. The molecule has 0 aromatic carbocycles. The minimum absolute atomic E-state index is 0.362. The van der Waals surface area contributed by atoms with Crippen molar-refractivity contribution in [2.45, 2.75) is 52.6 Å². The highest BCUT2D eigenvalue weighted by Crippen LogP contribution is 2.46. The van der Waals surface area contributed by atoms with Crippen LogP contribution in [0.4, 0.5) is 0 Å². The van der Waals surface area contributed by atoms with E-state index in [1.54, 1.807) is 0 Å². The molecular formula is C9H21O4P. The maximum atomic E-state index is 10.8. The zero-order chi connectivity index (χ0) is 11.4. The number of hydrogen-bond donors (Lipinski definition) is 2. The lowest BCUT2D eigenvalue weighted by atomic mass is 9.88. The smallest absolute Gasteiger partial charge is 0.303 e. The summed E-state index contributed by atoms with van der Waals surface area (Å²) in [5.41, 5.74) is -0.673. The van der Waals surface area contributed by atoms with Crippen LogP contribution in [0.1, 0.15) is 47.0 Å². The highest BCUT2D eigenvalue weighted by atomic mass is 31.2. The molecule has 0 heterocycles. The SMILES string of the molecule is CCC(CC)(CC(C)C)OP(=O)(O)O. The third kappa shape index (κ3) is 5.11. The van der Waals surface area contributed by atoms with E-state index in [0.717, 1.165) is 0 Å². The average molecular weight is 224 g/mol. The Balaban J connectivity index is 4.61. The molecule has 0 fully saturated rings. The Labute approximate surface area is 85.9 Å². The third-order valence-electron chi connectivity index (χ3n) is 2.38. The van der Waals surface area contributed by atoms with Gasteiger partial charge in [0.1, 0.15) is 0 Å². The Morgan fingerprint density at radius 3 is 1.93 bits per heavy atom. The first-order valence-electron chi connectivity index (χ1n) is 5.01. The Hall–Kier alpha value is 0.110. The highest BCUT2D eigenvalue weighted by molar-refractivity contribution is 7.46. The topological polar surface area (TPSA) is 66.8 Å². The van der Waals surface area contributed by atoms with Crippen molar-refractivity contribution >= 4 is 7.82 Å². The van der Waals surface area contributed by atoms with Gasteiger partial charge in [0.25, 0.3) is 0 Å². The maximum absolute atomic E-state index is 10.8. The number of rotatable bonds is 6. The zero-order valence-electron chi connectivity index (χ0n) is 9.36. The van der Waals surface area contributed by atoms with E-state index < -0.39 is 13.4 Å². The van der Waals surface area contributed by atoms with Gasteiger partial charge < -0.3 is 9.79 Å². The van der Waals surface area contributed by atoms with Gasteiger partial charge in [-0.3, -0.25) is 4.52 Å². The van der Waals surface area contributed by atoms with Crippen molar-refractivity contribution in [2.75, 3.05) is 0 Å². The first kappa shape index (κ1) is 14.1. The fraction of sp³-hybridized carbons (Fsp3) is 1.00. The molecular weight excluding hydrogens is 203 g/mol. The van der Waals surface area contributed by atoms with E-state index in [-0.39, 0.29) is 0 Å². The molecule has 0 aromatic rings. The fourth-order valence-electron chi connectivity index (χ4n) is 1.70. The molecule has 0 spiro atoms. The summed E-state index contributed by atoms with van der Waals surface area (Å²) >= 11 is 0. The van der Waals surface area contributed by atoms with Crippen LogP contribution in [0.3, 0.4) is 0 Å². The van der Waals surface area contributed by atoms with Gasteiger partial charge in [-0.05, 0) is 25.2 Å². The second-order valence-electron chi connectivity index (χ2n) is 4.07. The molecule has 0 amide bonds. The molecule has 0 saturated heterocycles. The largest absolute Gasteiger partial charge is 0.470 e. The van der Waals surface area contributed by atoms with Crippen LogP contribution in [-0.4, -0.2) is 15.4 Å². The maximum Gasteiger partial charge on any atom is 0.470 e. The quantitative estimate of drug-likeness (QED) is 0.681. The van der Waals surface area contributed by atoms with Crippen LogP contribution >= 0.6 is 7.82 Å². The van der Waals surface area contributed by atoms with E-state index in [0.29, 0.717) is 25.2 Å². The number of phosphoric acid groups is 1. The van der Waals surface area contributed by atoms with Crippen LogP contribution in [-0.2, 0) is 9.09 Å². The predicted octanol–water partition coefficient (Wildman–Crippen LogP) is 2.70. The zero-order valence-corrected chi connectivity index (χ0v) is 10.3. The van der Waals surface area contributed by atoms with Gasteiger partial charge in [0, 0.05) is 0 Å². The van der Waals surface area contributed by atoms with Gasteiger partial charge in [-0.1, -0.05) is 27.7 Å². The van der Waals surface area contributed by atoms with Crippen LogP contribution in [0.5, 0.6) is 0 Å². The molecule has 0 unspecified atom stereocenters. The number of phosphoric ester groups is 1. The Morgan fingerprint density at radius 1 is 1.29 bits per heavy atom. The second-order valence-corrected chi connectivity index (χ2v) is 5.23. The summed E-state index contributed by atoms with van der Waals surface area (Å²) < 4.78 is 15.7. The van der Waals surface area contributed by atoms with E-state index in [1.807, 2.05) is 27.7 Å². The van der Waals surface area contributed by atoms with E-state index in [1.165, 1.54) is 0 Å². The van der Waals surface area contributed by atoms with E-state index in [4.69, 9.17) is 14.3 Å². The van der Waals surface area contributed by atoms with Crippen LogP contribution < -0.4 is 0 Å². The lowest BCUT2D eigenvalue weighted by Crippen LogP contribution is -2.31. The molecule has 14 heavy (non-hydrogen) atoms. The second kappa shape index (κ2) is 5.26. The van der Waals surface area contributed by atoms with Crippen molar-refractivity contribution in [1.29, 1.82) is 0 Å².